The number of carbonyl (C=O) groups excluding carboxylic acids is 4. The van der Waals surface area contributed by atoms with Crippen LogP contribution in [0.2, 0.25) is 10.0 Å². The van der Waals surface area contributed by atoms with Crippen LogP contribution in [-0.4, -0.2) is 30.4 Å². The van der Waals surface area contributed by atoms with Gasteiger partial charge in [-0.15, -0.1) is 0 Å². The van der Waals surface area contributed by atoms with E-state index in [0.29, 0.717) is 25.8 Å². The third kappa shape index (κ3) is 5.38. The number of halogens is 3. The van der Waals surface area contributed by atoms with Crippen LogP contribution >= 0.6 is 39.1 Å². The van der Waals surface area contributed by atoms with Crippen molar-refractivity contribution in [3.63, 3.8) is 0 Å². The van der Waals surface area contributed by atoms with Crippen LogP contribution in [0, 0.1) is 0 Å². The van der Waals surface area contributed by atoms with Gasteiger partial charge in [-0.3, -0.25) is 25.0 Å². The lowest BCUT2D eigenvalue weighted by molar-refractivity contribution is -0.124. The quantitative estimate of drug-likeness (QED) is 0.419. The van der Waals surface area contributed by atoms with E-state index in [9.17, 15) is 19.2 Å². The highest BCUT2D eigenvalue weighted by atomic mass is 79.9. The van der Waals surface area contributed by atoms with Crippen molar-refractivity contribution < 1.29 is 23.9 Å². The third-order valence-corrected chi connectivity index (χ3v) is 5.01. The molecule has 11 heteroatoms. The summed E-state index contributed by atoms with van der Waals surface area (Å²) in [5, 5.41) is 7.23. The van der Waals surface area contributed by atoms with Gasteiger partial charge in [0.25, 0.3) is 17.7 Å². The third-order valence-electron chi connectivity index (χ3n) is 3.78. The Kier molecular flexibility index (Phi) is 6.76. The molecule has 0 radical (unpaired) electrons. The number of rotatable bonds is 5. The number of carbonyl (C=O) groups is 4. The molecule has 154 valence electrons. The molecule has 5 amide bonds. The van der Waals surface area contributed by atoms with Crippen molar-refractivity contribution in [1.29, 1.82) is 0 Å². The molecular formula is C19H12BrCl2N3O5. The fourth-order valence-electron chi connectivity index (χ4n) is 2.44. The van der Waals surface area contributed by atoms with Gasteiger partial charge in [-0.2, -0.15) is 0 Å². The number of nitrogens with one attached hydrogen (secondary N) is 3. The number of benzene rings is 2. The maximum atomic E-state index is 12.2. The highest BCUT2D eigenvalue weighted by Gasteiger charge is 2.28. The number of hydrogen-bond donors (Lipinski definition) is 3. The number of ether oxygens (including phenoxy) is 1. The van der Waals surface area contributed by atoms with Gasteiger partial charge in [0.05, 0.1) is 10.0 Å². The Morgan fingerprint density at radius 3 is 2.40 bits per heavy atom. The number of hydrogen-bond acceptors (Lipinski definition) is 5. The molecule has 30 heavy (non-hydrogen) atoms. The van der Waals surface area contributed by atoms with Gasteiger partial charge < -0.3 is 10.1 Å². The van der Waals surface area contributed by atoms with Gasteiger partial charge >= 0.3 is 6.03 Å². The van der Waals surface area contributed by atoms with E-state index < -0.39 is 23.8 Å². The second-order valence-electron chi connectivity index (χ2n) is 5.94. The Morgan fingerprint density at radius 2 is 1.73 bits per heavy atom. The Balaban J connectivity index is 1.75. The molecule has 1 aliphatic rings. The summed E-state index contributed by atoms with van der Waals surface area (Å²) in [5.74, 6) is -1.90. The summed E-state index contributed by atoms with van der Waals surface area (Å²) < 4.78 is 6.19. The summed E-state index contributed by atoms with van der Waals surface area (Å²) in [4.78, 5) is 47.3. The van der Waals surface area contributed by atoms with Crippen LogP contribution in [0.15, 0.2) is 46.4 Å². The molecule has 0 bridgehead atoms. The highest BCUT2D eigenvalue weighted by molar-refractivity contribution is 9.10. The van der Waals surface area contributed by atoms with Crippen LogP contribution in [0.3, 0.4) is 0 Å². The predicted octanol–water partition coefficient (Wildman–Crippen LogP) is 3.52. The van der Waals surface area contributed by atoms with Crippen molar-refractivity contribution in [2.45, 2.75) is 0 Å². The summed E-state index contributed by atoms with van der Waals surface area (Å²) in [5.41, 5.74) is 0.510. The highest BCUT2D eigenvalue weighted by Crippen LogP contribution is 2.27. The van der Waals surface area contributed by atoms with Crippen LogP contribution in [0.5, 0.6) is 5.75 Å². The Hall–Kier alpha value is -2.88. The van der Waals surface area contributed by atoms with E-state index in [2.05, 4.69) is 21.2 Å². The van der Waals surface area contributed by atoms with E-state index in [0.717, 1.165) is 0 Å². The fourth-order valence-corrected chi connectivity index (χ4v) is 3.12. The van der Waals surface area contributed by atoms with E-state index in [1.165, 1.54) is 12.1 Å². The number of amides is 5. The van der Waals surface area contributed by atoms with E-state index in [-0.39, 0.29) is 17.9 Å². The average molecular weight is 513 g/mol. The van der Waals surface area contributed by atoms with E-state index in [1.54, 1.807) is 30.3 Å². The molecule has 2 aromatic carbocycles. The van der Waals surface area contributed by atoms with Gasteiger partial charge in [0, 0.05) is 15.7 Å². The zero-order valence-electron chi connectivity index (χ0n) is 14.9. The first-order valence-corrected chi connectivity index (χ1v) is 9.83. The SMILES string of the molecule is O=C(COc1ccc(Br)cc1C=C1C(=O)NC(=O)NC1=O)Nc1ccc(Cl)c(Cl)c1. The number of anilines is 1. The van der Waals surface area contributed by atoms with Crippen molar-refractivity contribution in [1.82, 2.24) is 10.6 Å². The number of barbiturate groups is 1. The first kappa shape index (κ1) is 21.8. The number of imide groups is 2. The molecule has 1 aliphatic heterocycles. The van der Waals surface area contributed by atoms with Crippen molar-refractivity contribution in [3.05, 3.63) is 62.1 Å². The fraction of sp³-hybridized carbons (Fsp3) is 0.0526. The minimum Gasteiger partial charge on any atom is -0.483 e. The van der Waals surface area contributed by atoms with Gasteiger partial charge in [-0.1, -0.05) is 39.1 Å². The van der Waals surface area contributed by atoms with Crippen molar-refractivity contribution >= 4 is 74.6 Å². The standard InChI is InChI=1S/C19H12BrCl2N3O5/c20-10-1-4-15(9(5-10)6-12-17(27)24-19(29)25-18(12)28)30-8-16(26)23-11-2-3-13(21)14(22)7-11/h1-7H,8H2,(H,23,26)(H2,24,25,27,28,29). The molecule has 1 saturated heterocycles. The molecule has 0 aliphatic carbocycles. The summed E-state index contributed by atoms with van der Waals surface area (Å²) in [6.07, 6.45) is 1.26. The van der Waals surface area contributed by atoms with Crippen molar-refractivity contribution in [2.75, 3.05) is 11.9 Å². The van der Waals surface area contributed by atoms with Gasteiger partial charge in [-0.05, 0) is 42.5 Å². The van der Waals surface area contributed by atoms with Crippen LogP contribution in [-0.2, 0) is 14.4 Å². The van der Waals surface area contributed by atoms with Crippen LogP contribution in [0.25, 0.3) is 6.08 Å². The first-order chi connectivity index (χ1) is 14.2. The van der Waals surface area contributed by atoms with Crippen LogP contribution in [0.4, 0.5) is 10.5 Å². The minimum atomic E-state index is -0.896. The maximum absolute atomic E-state index is 12.2. The number of urea groups is 1. The second kappa shape index (κ2) is 9.29. The van der Waals surface area contributed by atoms with E-state index in [4.69, 9.17) is 27.9 Å². The van der Waals surface area contributed by atoms with Crippen molar-refractivity contribution in [3.8, 4) is 5.75 Å². The summed E-state index contributed by atoms with van der Waals surface area (Å²) >= 11 is 15.1. The molecule has 0 atom stereocenters. The summed E-state index contributed by atoms with van der Waals surface area (Å²) in [6, 6.07) is 8.56. The lowest BCUT2D eigenvalue weighted by Gasteiger charge is -2.15. The zero-order chi connectivity index (χ0) is 21.8. The Bertz CT molecular complexity index is 1080. The largest absolute Gasteiger partial charge is 0.483 e. The van der Waals surface area contributed by atoms with Gasteiger partial charge in [0.15, 0.2) is 6.61 Å². The van der Waals surface area contributed by atoms with E-state index >= 15 is 0 Å². The van der Waals surface area contributed by atoms with Crippen LogP contribution in [0.1, 0.15) is 5.56 Å². The lowest BCUT2D eigenvalue weighted by atomic mass is 10.1. The Labute approximate surface area is 188 Å². The monoisotopic (exact) mass is 511 g/mol. The molecule has 1 fully saturated rings. The zero-order valence-corrected chi connectivity index (χ0v) is 18.0. The van der Waals surface area contributed by atoms with Crippen molar-refractivity contribution in [2.24, 2.45) is 0 Å². The van der Waals surface area contributed by atoms with Gasteiger partial charge in [0.2, 0.25) is 0 Å². The van der Waals surface area contributed by atoms with Gasteiger partial charge in [-0.25, -0.2) is 4.79 Å². The maximum Gasteiger partial charge on any atom is 0.328 e. The normalized spacial score (nSPS) is 13.4. The molecule has 0 saturated carbocycles. The van der Waals surface area contributed by atoms with Crippen LogP contribution < -0.4 is 20.7 Å². The summed E-state index contributed by atoms with van der Waals surface area (Å²) in [6.45, 7) is -0.352. The molecule has 3 rings (SSSR count). The molecule has 0 aromatic heterocycles. The summed E-state index contributed by atoms with van der Waals surface area (Å²) in [7, 11) is 0. The molecule has 0 unspecified atom stereocenters. The Morgan fingerprint density at radius 1 is 1.03 bits per heavy atom. The van der Waals surface area contributed by atoms with Gasteiger partial charge in [0.1, 0.15) is 11.3 Å². The molecule has 8 nitrogen and oxygen atoms in total. The molecule has 1 heterocycles. The minimum absolute atomic E-state index is 0.243. The average Bonchev–Trinajstić information content (AvgIpc) is 2.67. The molecule has 0 spiro atoms. The topological polar surface area (TPSA) is 114 Å². The second-order valence-corrected chi connectivity index (χ2v) is 7.67. The molecule has 2 aromatic rings. The first-order valence-electron chi connectivity index (χ1n) is 8.28. The molecule has 3 N–H and O–H groups in total. The predicted molar refractivity (Wildman–Crippen MR) is 114 cm³/mol. The van der Waals surface area contributed by atoms with E-state index in [1.807, 2.05) is 10.6 Å². The lowest BCUT2D eigenvalue weighted by Crippen LogP contribution is -2.51. The molecular weight excluding hydrogens is 501 g/mol. The smallest absolute Gasteiger partial charge is 0.328 e.